The average Bonchev–Trinajstić information content (AvgIpc) is 2.74. The van der Waals surface area contributed by atoms with Crippen molar-refractivity contribution in [1.82, 2.24) is 4.98 Å². The SMILES string of the molecule is COc1ccc(NC(c2ccccc2)c2ccc3cccnc3c2O)cc1. The van der Waals surface area contributed by atoms with Gasteiger partial charge in [-0.2, -0.15) is 0 Å². The van der Waals surface area contributed by atoms with Crippen molar-refractivity contribution in [1.29, 1.82) is 0 Å². The van der Waals surface area contributed by atoms with Crippen molar-refractivity contribution in [2.24, 2.45) is 0 Å². The van der Waals surface area contributed by atoms with Gasteiger partial charge in [0, 0.05) is 22.8 Å². The molecule has 1 unspecified atom stereocenters. The normalized spacial score (nSPS) is 11.9. The third-order valence-corrected chi connectivity index (χ3v) is 4.62. The highest BCUT2D eigenvalue weighted by Gasteiger charge is 2.19. The second-order valence-corrected chi connectivity index (χ2v) is 6.30. The Kier molecular flexibility index (Phi) is 4.62. The molecule has 4 heteroatoms. The van der Waals surface area contributed by atoms with E-state index in [9.17, 15) is 5.11 Å². The van der Waals surface area contributed by atoms with Crippen LogP contribution in [0.3, 0.4) is 0 Å². The Morgan fingerprint density at radius 3 is 2.41 bits per heavy atom. The first kappa shape index (κ1) is 16.9. The van der Waals surface area contributed by atoms with Crippen molar-refractivity contribution in [3.05, 3.63) is 96.2 Å². The molecule has 0 aliphatic rings. The molecule has 1 atom stereocenters. The van der Waals surface area contributed by atoms with E-state index in [0.29, 0.717) is 5.52 Å². The summed E-state index contributed by atoms with van der Waals surface area (Å²) in [5, 5.41) is 15.4. The van der Waals surface area contributed by atoms with Crippen LogP contribution in [0.2, 0.25) is 0 Å². The number of rotatable bonds is 5. The van der Waals surface area contributed by atoms with E-state index in [4.69, 9.17) is 4.74 Å². The molecule has 0 saturated carbocycles. The highest BCUT2D eigenvalue weighted by atomic mass is 16.5. The summed E-state index contributed by atoms with van der Waals surface area (Å²) < 4.78 is 5.23. The zero-order valence-corrected chi connectivity index (χ0v) is 15.0. The maximum absolute atomic E-state index is 10.9. The number of benzene rings is 3. The predicted molar refractivity (Wildman–Crippen MR) is 108 cm³/mol. The Labute approximate surface area is 158 Å². The number of methoxy groups -OCH3 is 1. The number of anilines is 1. The van der Waals surface area contributed by atoms with Crippen molar-refractivity contribution in [2.45, 2.75) is 6.04 Å². The Balaban J connectivity index is 1.79. The molecule has 4 nitrogen and oxygen atoms in total. The molecule has 27 heavy (non-hydrogen) atoms. The molecule has 2 N–H and O–H groups in total. The summed E-state index contributed by atoms with van der Waals surface area (Å²) in [5.41, 5.74) is 3.37. The predicted octanol–water partition coefficient (Wildman–Crippen LogP) is 5.15. The number of nitrogens with zero attached hydrogens (tertiary/aromatic N) is 1. The summed E-state index contributed by atoms with van der Waals surface area (Å²) in [5.74, 6) is 0.998. The van der Waals surface area contributed by atoms with Crippen LogP contribution in [-0.4, -0.2) is 17.2 Å². The zero-order valence-electron chi connectivity index (χ0n) is 15.0. The van der Waals surface area contributed by atoms with Crippen molar-refractivity contribution in [3.63, 3.8) is 0 Å². The molecule has 1 heterocycles. The molecule has 4 aromatic rings. The van der Waals surface area contributed by atoms with Gasteiger partial charge >= 0.3 is 0 Å². The molecule has 0 aliphatic heterocycles. The molecule has 0 radical (unpaired) electrons. The van der Waals surface area contributed by atoms with E-state index in [0.717, 1.165) is 28.0 Å². The molecule has 0 spiro atoms. The van der Waals surface area contributed by atoms with Crippen molar-refractivity contribution in [3.8, 4) is 11.5 Å². The van der Waals surface area contributed by atoms with Crippen LogP contribution in [0, 0.1) is 0 Å². The van der Waals surface area contributed by atoms with Crippen LogP contribution >= 0.6 is 0 Å². The summed E-state index contributed by atoms with van der Waals surface area (Å²) in [6, 6.07) is 25.3. The fourth-order valence-corrected chi connectivity index (χ4v) is 3.22. The van der Waals surface area contributed by atoms with E-state index < -0.39 is 0 Å². The quantitative estimate of drug-likeness (QED) is 0.519. The van der Waals surface area contributed by atoms with E-state index in [1.54, 1.807) is 13.3 Å². The molecule has 0 amide bonds. The van der Waals surface area contributed by atoms with Crippen LogP contribution in [0.4, 0.5) is 5.69 Å². The smallest absolute Gasteiger partial charge is 0.147 e. The lowest BCUT2D eigenvalue weighted by molar-refractivity contribution is 0.415. The summed E-state index contributed by atoms with van der Waals surface area (Å²) in [7, 11) is 1.65. The molecule has 0 fully saturated rings. The summed E-state index contributed by atoms with van der Waals surface area (Å²) in [6.45, 7) is 0. The van der Waals surface area contributed by atoms with E-state index >= 15 is 0 Å². The van der Waals surface area contributed by atoms with Gasteiger partial charge in [-0.1, -0.05) is 48.5 Å². The van der Waals surface area contributed by atoms with Gasteiger partial charge in [0.05, 0.1) is 13.2 Å². The first-order valence-corrected chi connectivity index (χ1v) is 8.78. The van der Waals surface area contributed by atoms with Gasteiger partial charge in [0.15, 0.2) is 0 Å². The maximum Gasteiger partial charge on any atom is 0.147 e. The number of fused-ring (bicyclic) bond motifs is 1. The van der Waals surface area contributed by atoms with Crippen LogP contribution < -0.4 is 10.1 Å². The highest BCUT2D eigenvalue weighted by Crippen LogP contribution is 2.36. The molecule has 0 bridgehead atoms. The van der Waals surface area contributed by atoms with Gasteiger partial charge < -0.3 is 15.2 Å². The van der Waals surface area contributed by atoms with Gasteiger partial charge in [-0.3, -0.25) is 4.98 Å². The monoisotopic (exact) mass is 356 g/mol. The molecule has 0 aliphatic carbocycles. The number of phenols is 1. The molecule has 4 rings (SSSR count). The molecular weight excluding hydrogens is 336 g/mol. The fourth-order valence-electron chi connectivity index (χ4n) is 3.22. The first-order valence-electron chi connectivity index (χ1n) is 8.78. The Morgan fingerprint density at radius 1 is 0.889 bits per heavy atom. The van der Waals surface area contributed by atoms with Gasteiger partial charge in [-0.15, -0.1) is 0 Å². The van der Waals surface area contributed by atoms with Gasteiger partial charge in [0.25, 0.3) is 0 Å². The Bertz CT molecular complexity index is 1050. The second kappa shape index (κ2) is 7.38. The third kappa shape index (κ3) is 3.42. The molecule has 1 aromatic heterocycles. The van der Waals surface area contributed by atoms with Crippen molar-refractivity contribution in [2.75, 3.05) is 12.4 Å². The fraction of sp³-hybridized carbons (Fsp3) is 0.0870. The highest BCUT2D eigenvalue weighted by molar-refractivity contribution is 5.86. The van der Waals surface area contributed by atoms with Gasteiger partial charge in [-0.25, -0.2) is 0 Å². The number of pyridine rings is 1. The average molecular weight is 356 g/mol. The van der Waals surface area contributed by atoms with Crippen LogP contribution in [0.15, 0.2) is 85.1 Å². The van der Waals surface area contributed by atoms with E-state index in [1.165, 1.54) is 0 Å². The minimum absolute atomic E-state index is 0.197. The van der Waals surface area contributed by atoms with Crippen LogP contribution in [0.5, 0.6) is 11.5 Å². The van der Waals surface area contributed by atoms with Gasteiger partial charge in [0.2, 0.25) is 0 Å². The number of hydrogen-bond acceptors (Lipinski definition) is 4. The molecule has 0 saturated heterocycles. The Morgan fingerprint density at radius 2 is 1.67 bits per heavy atom. The molecular formula is C23H20N2O2. The zero-order chi connectivity index (χ0) is 18.6. The van der Waals surface area contributed by atoms with Gasteiger partial charge in [0.1, 0.15) is 17.0 Å². The molecule has 134 valence electrons. The maximum atomic E-state index is 10.9. The lowest BCUT2D eigenvalue weighted by atomic mass is 9.96. The number of aromatic hydroxyl groups is 1. The number of hydrogen-bond donors (Lipinski definition) is 2. The van der Waals surface area contributed by atoms with Crippen LogP contribution in [0.25, 0.3) is 10.9 Å². The lowest BCUT2D eigenvalue weighted by Crippen LogP contribution is -2.12. The van der Waals surface area contributed by atoms with Crippen LogP contribution in [0.1, 0.15) is 17.2 Å². The number of aromatic nitrogens is 1. The van der Waals surface area contributed by atoms with E-state index in [2.05, 4.69) is 10.3 Å². The third-order valence-electron chi connectivity index (χ3n) is 4.62. The topological polar surface area (TPSA) is 54.4 Å². The molecule has 3 aromatic carbocycles. The van der Waals surface area contributed by atoms with Gasteiger partial charge in [-0.05, 0) is 35.9 Å². The number of phenolic OH excluding ortho intramolecular Hbond substituents is 1. The minimum Gasteiger partial charge on any atom is -0.505 e. The largest absolute Gasteiger partial charge is 0.505 e. The number of ether oxygens (including phenoxy) is 1. The second-order valence-electron chi connectivity index (χ2n) is 6.30. The van der Waals surface area contributed by atoms with Crippen molar-refractivity contribution >= 4 is 16.6 Å². The first-order chi connectivity index (χ1) is 13.3. The summed E-state index contributed by atoms with van der Waals surface area (Å²) in [4.78, 5) is 4.35. The van der Waals surface area contributed by atoms with Crippen molar-refractivity contribution < 1.29 is 9.84 Å². The Hall–Kier alpha value is -3.53. The lowest BCUT2D eigenvalue weighted by Gasteiger charge is -2.22. The van der Waals surface area contributed by atoms with E-state index in [-0.39, 0.29) is 11.8 Å². The van der Waals surface area contributed by atoms with Crippen LogP contribution in [-0.2, 0) is 0 Å². The summed E-state index contributed by atoms with van der Waals surface area (Å²) in [6.07, 6.45) is 1.69. The summed E-state index contributed by atoms with van der Waals surface area (Å²) >= 11 is 0. The van der Waals surface area contributed by atoms with E-state index in [1.807, 2.05) is 78.9 Å². The number of nitrogens with one attached hydrogen (secondary N) is 1. The minimum atomic E-state index is -0.217. The standard InChI is InChI=1S/C23H20N2O2/c1-27-19-12-10-18(11-13-19)25-21(16-6-3-2-4-7-16)20-14-9-17-8-5-15-24-22(17)23(20)26/h2-15,21,25-26H,1H3.